The first-order valence-corrected chi connectivity index (χ1v) is 9.55. The van der Waals surface area contributed by atoms with Gasteiger partial charge >= 0.3 is 0 Å². The van der Waals surface area contributed by atoms with Gasteiger partial charge in [0, 0.05) is 6.54 Å². The zero-order valence-corrected chi connectivity index (χ0v) is 15.8. The molecule has 1 saturated heterocycles. The lowest BCUT2D eigenvalue weighted by molar-refractivity contribution is -0.138. The van der Waals surface area contributed by atoms with Crippen LogP contribution >= 0.6 is 0 Å². The first kappa shape index (κ1) is 17.7. The molecule has 142 valence electrons. The molecule has 2 aromatic rings. The largest absolute Gasteiger partial charge is 0.486 e. The summed E-state index contributed by atoms with van der Waals surface area (Å²) in [6.45, 7) is 5.74. The van der Waals surface area contributed by atoms with E-state index in [-0.39, 0.29) is 11.9 Å². The van der Waals surface area contributed by atoms with Crippen LogP contribution in [0.4, 0.5) is 0 Å². The van der Waals surface area contributed by atoms with Crippen molar-refractivity contribution in [2.45, 2.75) is 38.8 Å². The highest BCUT2D eigenvalue weighted by Crippen LogP contribution is 2.38. The van der Waals surface area contributed by atoms with Gasteiger partial charge in [-0.3, -0.25) is 4.79 Å². The van der Waals surface area contributed by atoms with Crippen molar-refractivity contribution in [2.75, 3.05) is 19.8 Å². The topological polar surface area (TPSA) is 48.0 Å². The summed E-state index contributed by atoms with van der Waals surface area (Å²) in [5, 5.41) is 0. The fraction of sp³-hybridized carbons (Fsp3) is 0.409. The van der Waals surface area contributed by atoms with Gasteiger partial charge in [0.15, 0.2) is 17.6 Å². The number of nitrogens with zero attached hydrogens (tertiary/aromatic N) is 1. The van der Waals surface area contributed by atoms with Gasteiger partial charge in [0.2, 0.25) is 0 Å². The Hall–Kier alpha value is -2.69. The van der Waals surface area contributed by atoms with Gasteiger partial charge < -0.3 is 19.1 Å². The van der Waals surface area contributed by atoms with Crippen LogP contribution in [0.5, 0.6) is 17.2 Å². The van der Waals surface area contributed by atoms with Crippen LogP contribution < -0.4 is 14.2 Å². The first-order chi connectivity index (χ1) is 13.1. The number of fused-ring (bicyclic) bond motifs is 1. The summed E-state index contributed by atoms with van der Waals surface area (Å²) >= 11 is 0. The van der Waals surface area contributed by atoms with Crippen molar-refractivity contribution in [3.05, 3.63) is 53.6 Å². The van der Waals surface area contributed by atoms with Crippen LogP contribution in [0, 0.1) is 6.92 Å². The molecular weight excluding hydrogens is 342 g/mol. The maximum Gasteiger partial charge on any atom is 0.263 e. The molecule has 4 rings (SSSR count). The number of carbonyl (C=O) groups is 1. The lowest BCUT2D eigenvalue weighted by Gasteiger charge is -2.29. The van der Waals surface area contributed by atoms with Gasteiger partial charge in [-0.15, -0.1) is 0 Å². The van der Waals surface area contributed by atoms with Gasteiger partial charge in [-0.05, 0) is 56.5 Å². The van der Waals surface area contributed by atoms with E-state index in [4.69, 9.17) is 14.2 Å². The van der Waals surface area contributed by atoms with Gasteiger partial charge in [0.05, 0.1) is 6.04 Å². The summed E-state index contributed by atoms with van der Waals surface area (Å²) in [7, 11) is 0. The Balaban J connectivity index is 1.48. The van der Waals surface area contributed by atoms with E-state index >= 15 is 0 Å². The number of ether oxygens (including phenoxy) is 3. The van der Waals surface area contributed by atoms with Crippen molar-refractivity contribution in [3.8, 4) is 17.2 Å². The number of rotatable bonds is 4. The van der Waals surface area contributed by atoms with E-state index < -0.39 is 6.10 Å². The molecule has 0 aliphatic carbocycles. The summed E-state index contributed by atoms with van der Waals surface area (Å²) in [5.74, 6) is 2.28. The zero-order valence-electron chi connectivity index (χ0n) is 15.8. The number of benzene rings is 2. The lowest BCUT2D eigenvalue weighted by Crippen LogP contribution is -2.40. The minimum absolute atomic E-state index is 0.0213. The monoisotopic (exact) mass is 367 g/mol. The standard InChI is InChI=1S/C22H25NO4/c1-15-5-8-18(9-6-15)27-16(2)22(24)23-11-3-4-19(23)17-7-10-20-21(14-17)26-13-12-25-20/h5-10,14,16,19H,3-4,11-13H2,1-2H3. The molecule has 0 aromatic heterocycles. The molecule has 5 heteroatoms. The smallest absolute Gasteiger partial charge is 0.263 e. The van der Waals surface area contributed by atoms with E-state index in [9.17, 15) is 4.79 Å². The van der Waals surface area contributed by atoms with Crippen LogP contribution in [-0.4, -0.2) is 36.7 Å². The van der Waals surface area contributed by atoms with Crippen LogP contribution in [0.1, 0.15) is 36.9 Å². The minimum Gasteiger partial charge on any atom is -0.486 e. The Kier molecular flexibility index (Phi) is 4.92. The number of aryl methyl sites for hydroxylation is 1. The number of likely N-dealkylation sites (tertiary alicyclic amines) is 1. The van der Waals surface area contributed by atoms with Crippen LogP contribution in [0.3, 0.4) is 0 Å². The second-order valence-electron chi connectivity index (χ2n) is 7.17. The molecule has 2 aliphatic heterocycles. The van der Waals surface area contributed by atoms with E-state index in [1.165, 1.54) is 5.56 Å². The third kappa shape index (κ3) is 3.72. The van der Waals surface area contributed by atoms with Crippen molar-refractivity contribution >= 4 is 5.91 Å². The molecule has 2 atom stereocenters. The Morgan fingerprint density at radius 1 is 1.11 bits per heavy atom. The maximum absolute atomic E-state index is 13.0. The highest BCUT2D eigenvalue weighted by atomic mass is 16.6. The fourth-order valence-electron chi connectivity index (χ4n) is 3.75. The normalized spacial score (nSPS) is 19.6. The van der Waals surface area contributed by atoms with Gasteiger partial charge in [-0.25, -0.2) is 0 Å². The Morgan fingerprint density at radius 2 is 1.85 bits per heavy atom. The van der Waals surface area contributed by atoms with Crippen molar-refractivity contribution in [2.24, 2.45) is 0 Å². The Labute approximate surface area is 159 Å². The molecule has 5 nitrogen and oxygen atoms in total. The van der Waals surface area contributed by atoms with Crippen molar-refractivity contribution < 1.29 is 19.0 Å². The molecule has 2 heterocycles. The summed E-state index contributed by atoms with van der Waals surface area (Å²) in [5.41, 5.74) is 2.26. The lowest BCUT2D eigenvalue weighted by atomic mass is 10.0. The molecule has 0 bridgehead atoms. The summed E-state index contributed by atoms with van der Waals surface area (Å²) < 4.78 is 17.2. The van der Waals surface area contributed by atoms with E-state index in [2.05, 4.69) is 0 Å². The predicted octanol–water partition coefficient (Wildman–Crippen LogP) is 3.90. The number of carbonyl (C=O) groups excluding carboxylic acids is 1. The van der Waals surface area contributed by atoms with Crippen LogP contribution in [0.25, 0.3) is 0 Å². The molecular formula is C22H25NO4. The quantitative estimate of drug-likeness (QED) is 0.822. The predicted molar refractivity (Wildman–Crippen MR) is 102 cm³/mol. The summed E-state index contributed by atoms with van der Waals surface area (Å²) in [4.78, 5) is 15.0. The second-order valence-corrected chi connectivity index (χ2v) is 7.17. The third-order valence-electron chi connectivity index (χ3n) is 5.17. The van der Waals surface area contributed by atoms with E-state index in [1.807, 2.05) is 61.2 Å². The number of hydrogen-bond acceptors (Lipinski definition) is 4. The van der Waals surface area contributed by atoms with Crippen molar-refractivity contribution in [3.63, 3.8) is 0 Å². The molecule has 0 spiro atoms. The molecule has 1 amide bonds. The molecule has 2 aromatic carbocycles. The number of hydrogen-bond donors (Lipinski definition) is 0. The number of amides is 1. The van der Waals surface area contributed by atoms with E-state index in [0.717, 1.165) is 42.2 Å². The van der Waals surface area contributed by atoms with Crippen LogP contribution in [0.2, 0.25) is 0 Å². The van der Waals surface area contributed by atoms with Crippen LogP contribution in [-0.2, 0) is 4.79 Å². The molecule has 27 heavy (non-hydrogen) atoms. The van der Waals surface area contributed by atoms with Gasteiger partial charge in [-0.1, -0.05) is 23.8 Å². The van der Waals surface area contributed by atoms with Crippen molar-refractivity contribution in [1.29, 1.82) is 0 Å². The SMILES string of the molecule is Cc1ccc(OC(C)C(=O)N2CCCC2c2ccc3c(c2)OCCO3)cc1. The van der Waals surface area contributed by atoms with Gasteiger partial charge in [-0.2, -0.15) is 0 Å². The average molecular weight is 367 g/mol. The Morgan fingerprint density at radius 3 is 2.63 bits per heavy atom. The average Bonchev–Trinajstić information content (AvgIpc) is 3.18. The first-order valence-electron chi connectivity index (χ1n) is 9.55. The maximum atomic E-state index is 13.0. The molecule has 0 radical (unpaired) electrons. The van der Waals surface area contributed by atoms with Crippen molar-refractivity contribution in [1.82, 2.24) is 4.90 Å². The molecule has 0 saturated carbocycles. The molecule has 2 aliphatic rings. The van der Waals surface area contributed by atoms with E-state index in [1.54, 1.807) is 0 Å². The highest BCUT2D eigenvalue weighted by molar-refractivity contribution is 5.81. The second kappa shape index (κ2) is 7.51. The van der Waals surface area contributed by atoms with E-state index in [0.29, 0.717) is 13.2 Å². The van der Waals surface area contributed by atoms with Crippen LogP contribution in [0.15, 0.2) is 42.5 Å². The fourth-order valence-corrected chi connectivity index (χ4v) is 3.75. The third-order valence-corrected chi connectivity index (χ3v) is 5.17. The summed E-state index contributed by atoms with van der Waals surface area (Å²) in [6, 6.07) is 13.8. The molecule has 0 N–H and O–H groups in total. The van der Waals surface area contributed by atoms with Gasteiger partial charge in [0.25, 0.3) is 5.91 Å². The highest BCUT2D eigenvalue weighted by Gasteiger charge is 2.34. The minimum atomic E-state index is -0.523. The Bertz CT molecular complexity index is 818. The summed E-state index contributed by atoms with van der Waals surface area (Å²) in [6.07, 6.45) is 1.41. The molecule has 2 unspecified atom stereocenters. The molecule has 1 fully saturated rings. The van der Waals surface area contributed by atoms with Gasteiger partial charge in [0.1, 0.15) is 19.0 Å². The zero-order chi connectivity index (χ0) is 18.8.